The van der Waals surface area contributed by atoms with Crippen LogP contribution in [0.25, 0.3) is 11.3 Å². The predicted molar refractivity (Wildman–Crippen MR) is 117 cm³/mol. The molecule has 0 saturated carbocycles. The van der Waals surface area contributed by atoms with E-state index < -0.39 is 0 Å². The topological polar surface area (TPSA) is 51.2 Å². The van der Waals surface area contributed by atoms with E-state index in [-0.39, 0.29) is 5.91 Å². The Morgan fingerprint density at radius 3 is 2.34 bits per heavy atom. The third-order valence-electron chi connectivity index (χ3n) is 4.19. The molecule has 1 amide bonds. The molecule has 4 aromatic rings. The normalized spacial score (nSPS) is 10.5. The average Bonchev–Trinajstić information content (AvgIpc) is 3.25. The average molecular weight is 421 g/mol. The fourth-order valence-electron chi connectivity index (χ4n) is 2.69. The van der Waals surface area contributed by atoms with Gasteiger partial charge in [-0.05, 0) is 42.0 Å². The van der Waals surface area contributed by atoms with Crippen molar-refractivity contribution in [1.82, 2.24) is 10.3 Å². The molecule has 4 nitrogen and oxygen atoms in total. The molecular formula is C23H17ClN2O2S. The molecule has 0 aliphatic carbocycles. The number of ether oxygens (including phenoxy) is 1. The number of carbonyl (C=O) groups is 1. The maximum absolute atomic E-state index is 12.4. The van der Waals surface area contributed by atoms with Crippen LogP contribution in [0.3, 0.4) is 0 Å². The van der Waals surface area contributed by atoms with Crippen LogP contribution in [0.15, 0.2) is 84.2 Å². The van der Waals surface area contributed by atoms with Crippen LogP contribution in [0.5, 0.6) is 11.5 Å². The van der Waals surface area contributed by atoms with Crippen LogP contribution in [0.2, 0.25) is 5.02 Å². The minimum absolute atomic E-state index is 0.195. The number of nitrogens with zero attached hydrogens (tertiary/aromatic N) is 1. The lowest BCUT2D eigenvalue weighted by molar-refractivity contribution is 0.0950. The van der Waals surface area contributed by atoms with Crippen LogP contribution in [0.1, 0.15) is 15.4 Å². The molecule has 1 aromatic heterocycles. The Kier molecular flexibility index (Phi) is 5.89. The summed E-state index contributed by atoms with van der Waals surface area (Å²) in [5, 5.41) is 5.87. The zero-order valence-electron chi connectivity index (χ0n) is 15.3. The van der Waals surface area contributed by atoms with E-state index in [0.29, 0.717) is 16.6 Å². The number of halogens is 1. The zero-order chi connectivity index (χ0) is 20.1. The van der Waals surface area contributed by atoms with E-state index in [2.05, 4.69) is 10.3 Å². The zero-order valence-corrected chi connectivity index (χ0v) is 16.9. The van der Waals surface area contributed by atoms with Gasteiger partial charge in [-0.15, -0.1) is 11.3 Å². The molecule has 4 rings (SSSR count). The van der Waals surface area contributed by atoms with E-state index in [1.54, 1.807) is 12.1 Å². The van der Waals surface area contributed by atoms with Crippen LogP contribution < -0.4 is 10.1 Å². The number of carbonyl (C=O) groups excluding carboxylic acids is 1. The van der Waals surface area contributed by atoms with Crippen LogP contribution >= 0.6 is 22.9 Å². The van der Waals surface area contributed by atoms with E-state index in [4.69, 9.17) is 16.3 Å². The van der Waals surface area contributed by atoms with Crippen LogP contribution in [0, 0.1) is 0 Å². The summed E-state index contributed by atoms with van der Waals surface area (Å²) in [5.41, 5.74) is 2.67. The van der Waals surface area contributed by atoms with Crippen molar-refractivity contribution in [3.05, 3.63) is 99.8 Å². The second kappa shape index (κ2) is 8.90. The molecular weight excluding hydrogens is 404 g/mol. The highest BCUT2D eigenvalue weighted by atomic mass is 35.5. The van der Waals surface area contributed by atoms with Gasteiger partial charge >= 0.3 is 0 Å². The quantitative estimate of drug-likeness (QED) is 0.405. The van der Waals surface area contributed by atoms with Gasteiger partial charge in [0, 0.05) is 22.5 Å². The second-order valence-electron chi connectivity index (χ2n) is 6.29. The molecule has 6 heteroatoms. The highest BCUT2D eigenvalue weighted by Crippen LogP contribution is 2.24. The van der Waals surface area contributed by atoms with E-state index in [9.17, 15) is 4.79 Å². The number of hydrogen-bond acceptors (Lipinski definition) is 4. The highest BCUT2D eigenvalue weighted by Gasteiger charge is 2.12. The molecule has 0 bridgehead atoms. The lowest BCUT2D eigenvalue weighted by Gasteiger charge is -2.07. The van der Waals surface area contributed by atoms with E-state index in [1.165, 1.54) is 11.3 Å². The summed E-state index contributed by atoms with van der Waals surface area (Å²) in [6.45, 7) is 0.417. The van der Waals surface area contributed by atoms with Crippen molar-refractivity contribution in [2.75, 3.05) is 0 Å². The molecule has 0 aliphatic heterocycles. The van der Waals surface area contributed by atoms with Gasteiger partial charge in [-0.3, -0.25) is 4.79 Å². The van der Waals surface area contributed by atoms with Gasteiger partial charge in [0.15, 0.2) is 5.01 Å². The SMILES string of the molecule is O=C(NCc1ccc(Oc2ccccc2)cc1)c1nc(-c2ccc(Cl)cc2)cs1. The first kappa shape index (κ1) is 19.2. The molecule has 0 atom stereocenters. The second-order valence-corrected chi connectivity index (χ2v) is 7.58. The molecule has 0 unspecified atom stereocenters. The van der Waals surface area contributed by atoms with Crippen molar-refractivity contribution in [3.63, 3.8) is 0 Å². The third kappa shape index (κ3) is 5.02. The summed E-state index contributed by atoms with van der Waals surface area (Å²) >= 11 is 7.23. The first-order valence-electron chi connectivity index (χ1n) is 8.99. The molecule has 1 N–H and O–H groups in total. The Balaban J connectivity index is 1.34. The summed E-state index contributed by atoms with van der Waals surface area (Å²) in [7, 11) is 0. The van der Waals surface area contributed by atoms with Crippen molar-refractivity contribution in [2.24, 2.45) is 0 Å². The standard InChI is InChI=1S/C23H17ClN2O2S/c24-18-10-8-17(9-11-18)21-15-29-23(26-21)22(27)25-14-16-6-12-20(13-7-16)28-19-4-2-1-3-5-19/h1-13,15H,14H2,(H,25,27). The number of aromatic nitrogens is 1. The Morgan fingerprint density at radius 2 is 1.62 bits per heavy atom. The molecule has 3 aromatic carbocycles. The molecule has 0 fully saturated rings. The first-order chi connectivity index (χ1) is 14.2. The predicted octanol–water partition coefficient (Wildman–Crippen LogP) is 6.19. The molecule has 0 radical (unpaired) electrons. The minimum Gasteiger partial charge on any atom is -0.457 e. The van der Waals surface area contributed by atoms with Gasteiger partial charge < -0.3 is 10.1 Å². The fraction of sp³-hybridized carbons (Fsp3) is 0.0435. The molecule has 0 aliphatic rings. The van der Waals surface area contributed by atoms with Crippen molar-refractivity contribution in [3.8, 4) is 22.8 Å². The summed E-state index contributed by atoms with van der Waals surface area (Å²) in [6.07, 6.45) is 0. The van der Waals surface area contributed by atoms with E-state index >= 15 is 0 Å². The number of hydrogen-bond donors (Lipinski definition) is 1. The van der Waals surface area contributed by atoms with E-state index in [1.807, 2.05) is 72.1 Å². The van der Waals surface area contributed by atoms with Crippen molar-refractivity contribution < 1.29 is 9.53 Å². The van der Waals surface area contributed by atoms with Gasteiger partial charge in [-0.25, -0.2) is 4.98 Å². The molecule has 29 heavy (non-hydrogen) atoms. The molecule has 1 heterocycles. The maximum atomic E-state index is 12.4. The van der Waals surface area contributed by atoms with Gasteiger partial charge in [0.25, 0.3) is 5.91 Å². The fourth-order valence-corrected chi connectivity index (χ4v) is 3.56. The number of nitrogens with one attached hydrogen (secondary N) is 1. The number of para-hydroxylation sites is 1. The van der Waals surface area contributed by atoms with Gasteiger partial charge in [0.05, 0.1) is 5.69 Å². The van der Waals surface area contributed by atoms with Crippen molar-refractivity contribution in [1.29, 1.82) is 0 Å². The van der Waals surface area contributed by atoms with Crippen LogP contribution in [-0.2, 0) is 6.54 Å². The monoisotopic (exact) mass is 420 g/mol. The summed E-state index contributed by atoms with van der Waals surface area (Å²) < 4.78 is 5.78. The Morgan fingerprint density at radius 1 is 0.931 bits per heavy atom. The van der Waals surface area contributed by atoms with Gasteiger partial charge in [-0.2, -0.15) is 0 Å². The minimum atomic E-state index is -0.195. The van der Waals surface area contributed by atoms with Crippen molar-refractivity contribution in [2.45, 2.75) is 6.54 Å². The molecule has 0 saturated heterocycles. The Labute approximate surface area is 177 Å². The van der Waals surface area contributed by atoms with Crippen LogP contribution in [0.4, 0.5) is 0 Å². The molecule has 144 valence electrons. The lowest BCUT2D eigenvalue weighted by atomic mass is 10.2. The van der Waals surface area contributed by atoms with E-state index in [0.717, 1.165) is 28.3 Å². The Hall–Kier alpha value is -3.15. The van der Waals surface area contributed by atoms with Gasteiger partial charge in [0.2, 0.25) is 0 Å². The first-order valence-corrected chi connectivity index (χ1v) is 10.2. The summed E-state index contributed by atoms with van der Waals surface area (Å²) in [5.74, 6) is 1.34. The highest BCUT2D eigenvalue weighted by molar-refractivity contribution is 7.12. The molecule has 0 spiro atoms. The largest absolute Gasteiger partial charge is 0.457 e. The van der Waals surface area contributed by atoms with Crippen molar-refractivity contribution >= 4 is 28.8 Å². The smallest absolute Gasteiger partial charge is 0.280 e. The maximum Gasteiger partial charge on any atom is 0.280 e. The lowest BCUT2D eigenvalue weighted by Crippen LogP contribution is -2.22. The number of rotatable bonds is 6. The number of thiazole rings is 1. The third-order valence-corrected chi connectivity index (χ3v) is 5.29. The summed E-state index contributed by atoms with van der Waals surface area (Å²) in [4.78, 5) is 16.8. The number of amides is 1. The van der Waals surface area contributed by atoms with Gasteiger partial charge in [-0.1, -0.05) is 54.1 Å². The number of benzene rings is 3. The summed E-state index contributed by atoms with van der Waals surface area (Å²) in [6, 6.07) is 24.6. The van der Waals surface area contributed by atoms with Gasteiger partial charge in [0.1, 0.15) is 11.5 Å². The Bertz CT molecular complexity index is 1090. The van der Waals surface area contributed by atoms with Crippen LogP contribution in [-0.4, -0.2) is 10.9 Å².